The summed E-state index contributed by atoms with van der Waals surface area (Å²) < 4.78 is 15.6. The van der Waals surface area contributed by atoms with Crippen LogP contribution in [0.2, 0.25) is 0 Å². The van der Waals surface area contributed by atoms with Gasteiger partial charge in [-0.3, -0.25) is 0 Å². The van der Waals surface area contributed by atoms with Crippen molar-refractivity contribution in [1.29, 1.82) is 0 Å². The number of nitrogens with two attached hydrogens (primary N) is 1. The van der Waals surface area contributed by atoms with Crippen molar-refractivity contribution in [3.63, 3.8) is 0 Å². The first-order chi connectivity index (χ1) is 9.63. The lowest BCUT2D eigenvalue weighted by molar-refractivity contribution is 0.556. The van der Waals surface area contributed by atoms with E-state index in [4.69, 9.17) is 5.73 Å². The van der Waals surface area contributed by atoms with Crippen molar-refractivity contribution in [2.24, 2.45) is 5.73 Å². The van der Waals surface area contributed by atoms with Crippen molar-refractivity contribution >= 4 is 5.69 Å². The summed E-state index contributed by atoms with van der Waals surface area (Å²) in [6.45, 7) is 4.51. The van der Waals surface area contributed by atoms with Crippen LogP contribution in [0.1, 0.15) is 18.3 Å². The van der Waals surface area contributed by atoms with Crippen molar-refractivity contribution in [2.45, 2.75) is 32.5 Å². The Morgan fingerprint density at radius 2 is 2.25 bits per heavy atom. The van der Waals surface area contributed by atoms with E-state index in [2.05, 4.69) is 14.5 Å². The summed E-state index contributed by atoms with van der Waals surface area (Å²) in [6, 6.07) is 4.98. The van der Waals surface area contributed by atoms with Crippen molar-refractivity contribution in [2.75, 3.05) is 11.4 Å². The molecule has 1 aliphatic rings. The maximum Gasteiger partial charge on any atom is 0.128 e. The van der Waals surface area contributed by atoms with Crippen LogP contribution in [0.4, 0.5) is 10.1 Å². The van der Waals surface area contributed by atoms with Crippen LogP contribution in [-0.4, -0.2) is 22.1 Å². The predicted molar refractivity (Wildman–Crippen MR) is 77.0 cm³/mol. The van der Waals surface area contributed by atoms with E-state index >= 15 is 0 Å². The Hall–Kier alpha value is -1.88. The van der Waals surface area contributed by atoms with E-state index < -0.39 is 0 Å². The number of anilines is 1. The van der Waals surface area contributed by atoms with Gasteiger partial charge in [0.25, 0.3) is 0 Å². The zero-order valence-electron chi connectivity index (χ0n) is 11.6. The predicted octanol–water partition coefficient (Wildman–Crippen LogP) is 1.93. The second-order valence-corrected chi connectivity index (χ2v) is 5.41. The van der Waals surface area contributed by atoms with Gasteiger partial charge >= 0.3 is 0 Å². The number of fused-ring (bicyclic) bond motifs is 1. The summed E-state index contributed by atoms with van der Waals surface area (Å²) in [6.07, 6.45) is 4.50. The highest BCUT2D eigenvalue weighted by molar-refractivity contribution is 5.54. The van der Waals surface area contributed by atoms with Crippen molar-refractivity contribution < 1.29 is 4.39 Å². The van der Waals surface area contributed by atoms with E-state index in [9.17, 15) is 4.39 Å². The summed E-state index contributed by atoms with van der Waals surface area (Å²) in [5.41, 5.74) is 7.92. The molecule has 2 aromatic rings. The molecular weight excluding hydrogens is 255 g/mol. The Labute approximate surface area is 118 Å². The lowest BCUT2D eigenvalue weighted by Gasteiger charge is -2.31. The summed E-state index contributed by atoms with van der Waals surface area (Å²) in [7, 11) is 0. The Morgan fingerprint density at radius 3 is 3.05 bits per heavy atom. The first kappa shape index (κ1) is 13.1. The lowest BCUT2D eigenvalue weighted by atomic mass is 10.0. The fraction of sp³-hybridized carbons (Fsp3) is 0.400. The molecule has 0 amide bonds. The van der Waals surface area contributed by atoms with Gasteiger partial charge in [0, 0.05) is 37.2 Å². The molecule has 1 aromatic carbocycles. The molecule has 1 aliphatic heterocycles. The topological polar surface area (TPSA) is 47.1 Å². The third-order valence-corrected chi connectivity index (χ3v) is 3.67. The van der Waals surface area contributed by atoms with E-state index in [0.29, 0.717) is 6.42 Å². The van der Waals surface area contributed by atoms with Crippen molar-refractivity contribution in [3.05, 3.63) is 47.8 Å². The molecule has 0 aliphatic carbocycles. The van der Waals surface area contributed by atoms with Gasteiger partial charge in [-0.25, -0.2) is 9.37 Å². The van der Waals surface area contributed by atoms with Crippen LogP contribution >= 0.6 is 0 Å². The molecule has 106 valence electrons. The van der Waals surface area contributed by atoms with Gasteiger partial charge in [-0.05, 0) is 37.1 Å². The van der Waals surface area contributed by atoms with E-state index in [1.807, 2.05) is 25.4 Å². The van der Waals surface area contributed by atoms with Crippen LogP contribution in [0.15, 0.2) is 30.6 Å². The van der Waals surface area contributed by atoms with Crippen LogP contribution in [0, 0.1) is 5.82 Å². The van der Waals surface area contributed by atoms with Crippen LogP contribution in [-0.2, 0) is 19.5 Å². The largest absolute Gasteiger partial charge is 0.362 e. The summed E-state index contributed by atoms with van der Waals surface area (Å²) in [4.78, 5) is 6.61. The van der Waals surface area contributed by atoms with E-state index in [0.717, 1.165) is 36.7 Å². The number of rotatable bonds is 3. The minimum absolute atomic E-state index is 0.0160. The smallest absolute Gasteiger partial charge is 0.128 e. The number of aromatic nitrogens is 2. The minimum Gasteiger partial charge on any atom is -0.362 e. The molecule has 0 saturated carbocycles. The van der Waals surface area contributed by atoms with Crippen molar-refractivity contribution in [1.82, 2.24) is 9.55 Å². The second kappa shape index (κ2) is 5.25. The highest BCUT2D eigenvalue weighted by Gasteiger charge is 2.19. The number of halogens is 1. The first-order valence-corrected chi connectivity index (χ1v) is 6.92. The van der Waals surface area contributed by atoms with Gasteiger partial charge in [-0.1, -0.05) is 0 Å². The van der Waals surface area contributed by atoms with Crippen LogP contribution in [0.5, 0.6) is 0 Å². The molecule has 0 saturated heterocycles. The highest BCUT2D eigenvalue weighted by atomic mass is 19.1. The molecule has 1 unspecified atom stereocenters. The molecule has 0 bridgehead atoms. The normalized spacial score (nSPS) is 16.1. The fourth-order valence-corrected chi connectivity index (χ4v) is 2.75. The average Bonchev–Trinajstić information content (AvgIpc) is 2.85. The Balaban J connectivity index is 1.90. The third-order valence-electron chi connectivity index (χ3n) is 3.67. The third kappa shape index (κ3) is 2.54. The first-order valence-electron chi connectivity index (χ1n) is 6.92. The zero-order valence-corrected chi connectivity index (χ0v) is 11.6. The monoisotopic (exact) mass is 274 g/mol. The molecular formula is C15H19FN4. The van der Waals surface area contributed by atoms with Crippen LogP contribution < -0.4 is 10.6 Å². The molecule has 2 N–H and O–H groups in total. The Kier molecular flexibility index (Phi) is 3.44. The van der Waals surface area contributed by atoms with Gasteiger partial charge in [-0.2, -0.15) is 0 Å². The lowest BCUT2D eigenvalue weighted by Crippen LogP contribution is -2.34. The summed E-state index contributed by atoms with van der Waals surface area (Å²) >= 11 is 0. The Morgan fingerprint density at radius 1 is 1.40 bits per heavy atom. The van der Waals surface area contributed by atoms with Crippen LogP contribution in [0.25, 0.3) is 0 Å². The SMILES string of the molecule is CC(N)Cc1cc(F)ccc1N1CCn2ccnc2C1. The van der Waals surface area contributed by atoms with Gasteiger partial charge in [0.1, 0.15) is 11.6 Å². The number of hydrogen-bond acceptors (Lipinski definition) is 3. The van der Waals surface area contributed by atoms with Gasteiger partial charge in [0.15, 0.2) is 0 Å². The number of imidazole rings is 1. The van der Waals surface area contributed by atoms with Crippen molar-refractivity contribution in [3.8, 4) is 0 Å². The number of hydrogen-bond donors (Lipinski definition) is 1. The second-order valence-electron chi connectivity index (χ2n) is 5.41. The molecule has 0 spiro atoms. The van der Waals surface area contributed by atoms with E-state index in [1.165, 1.54) is 6.07 Å². The minimum atomic E-state index is -0.206. The molecule has 0 fully saturated rings. The number of nitrogens with zero attached hydrogens (tertiary/aromatic N) is 3. The van der Waals surface area contributed by atoms with E-state index in [-0.39, 0.29) is 11.9 Å². The zero-order chi connectivity index (χ0) is 14.1. The molecule has 4 nitrogen and oxygen atoms in total. The maximum atomic E-state index is 13.5. The molecule has 0 radical (unpaired) electrons. The Bertz CT molecular complexity index is 606. The molecule has 3 rings (SSSR count). The highest BCUT2D eigenvalue weighted by Crippen LogP contribution is 2.26. The molecule has 1 aromatic heterocycles. The standard InChI is InChI=1S/C15H19FN4/c1-11(17)8-12-9-13(16)2-3-14(12)20-7-6-19-5-4-18-15(19)10-20/h2-5,9,11H,6-8,10,17H2,1H3. The van der Waals surface area contributed by atoms with Gasteiger partial charge in [0.2, 0.25) is 0 Å². The quantitative estimate of drug-likeness (QED) is 0.930. The van der Waals surface area contributed by atoms with Crippen LogP contribution in [0.3, 0.4) is 0 Å². The summed E-state index contributed by atoms with van der Waals surface area (Å²) in [5.74, 6) is 0.843. The molecule has 20 heavy (non-hydrogen) atoms. The molecule has 2 heterocycles. The van der Waals surface area contributed by atoms with Gasteiger partial charge in [0.05, 0.1) is 6.54 Å². The average molecular weight is 274 g/mol. The molecule has 1 atom stereocenters. The summed E-state index contributed by atoms with van der Waals surface area (Å²) in [5, 5.41) is 0. The fourth-order valence-electron chi connectivity index (χ4n) is 2.75. The van der Waals surface area contributed by atoms with E-state index in [1.54, 1.807) is 6.07 Å². The molecule has 5 heteroatoms. The van der Waals surface area contributed by atoms with Gasteiger partial charge < -0.3 is 15.2 Å². The van der Waals surface area contributed by atoms with Gasteiger partial charge in [-0.15, -0.1) is 0 Å². The maximum absolute atomic E-state index is 13.5. The number of benzene rings is 1.